The zero-order chi connectivity index (χ0) is 23.5. The summed E-state index contributed by atoms with van der Waals surface area (Å²) in [4.78, 5) is 25.4. The van der Waals surface area contributed by atoms with Crippen LogP contribution in [0.25, 0.3) is 5.69 Å². The molecule has 3 rings (SSSR count). The van der Waals surface area contributed by atoms with Crippen molar-refractivity contribution in [3.05, 3.63) is 76.2 Å². The topological polar surface area (TPSA) is 103 Å². The second-order valence-corrected chi connectivity index (χ2v) is 9.13. The summed E-state index contributed by atoms with van der Waals surface area (Å²) in [6, 6.07) is 14.7. The molecular weight excluding hydrogens is 432 g/mol. The Morgan fingerprint density at radius 2 is 1.81 bits per heavy atom. The molecule has 0 radical (unpaired) electrons. The van der Waals surface area contributed by atoms with E-state index in [1.165, 1.54) is 43.1 Å². The number of hydrogen-bond donors (Lipinski definition) is 1. The summed E-state index contributed by atoms with van der Waals surface area (Å²) in [6.45, 7) is 2.32. The van der Waals surface area contributed by atoms with Crippen LogP contribution in [0.1, 0.15) is 16.1 Å². The number of carbonyl (C=O) groups excluding carboxylic acids is 1. The minimum absolute atomic E-state index is 0.0336. The molecule has 0 spiro atoms. The number of benzene rings is 2. The molecule has 3 aromatic rings. The third kappa shape index (κ3) is 4.32. The molecule has 9 nitrogen and oxygen atoms in total. The Hall–Kier alpha value is -3.37. The van der Waals surface area contributed by atoms with E-state index in [0.29, 0.717) is 24.5 Å². The van der Waals surface area contributed by atoms with Crippen molar-refractivity contribution in [2.45, 2.75) is 11.8 Å². The molecule has 1 N–H and O–H groups in total. The lowest BCUT2D eigenvalue weighted by Crippen LogP contribution is -2.32. The van der Waals surface area contributed by atoms with Gasteiger partial charge in [-0.05, 0) is 37.3 Å². The van der Waals surface area contributed by atoms with Crippen LogP contribution in [-0.2, 0) is 21.8 Å². The van der Waals surface area contributed by atoms with Crippen LogP contribution < -0.4 is 15.2 Å². The SMILES string of the molecule is COCCNC(=O)c1cccc(S(=O)(=O)N(C)c2c(C)n(C)n(-c3ccccc3)c2=O)c1. The number of ether oxygens (including phenoxy) is 1. The maximum Gasteiger partial charge on any atom is 0.296 e. The molecule has 0 saturated heterocycles. The van der Waals surface area contributed by atoms with Crippen LogP contribution in [-0.4, -0.2) is 51.0 Å². The first kappa shape index (κ1) is 23.3. The minimum Gasteiger partial charge on any atom is -0.383 e. The van der Waals surface area contributed by atoms with Crippen molar-refractivity contribution in [3.8, 4) is 5.69 Å². The van der Waals surface area contributed by atoms with Crippen LogP contribution in [0, 0.1) is 6.92 Å². The number of hydrogen-bond acceptors (Lipinski definition) is 5. The smallest absolute Gasteiger partial charge is 0.296 e. The average molecular weight is 459 g/mol. The van der Waals surface area contributed by atoms with E-state index in [4.69, 9.17) is 4.74 Å². The molecule has 0 aliphatic heterocycles. The van der Waals surface area contributed by atoms with Gasteiger partial charge in [-0.3, -0.25) is 18.6 Å². The summed E-state index contributed by atoms with van der Waals surface area (Å²) in [6.07, 6.45) is 0. The lowest BCUT2D eigenvalue weighted by Gasteiger charge is -2.18. The minimum atomic E-state index is -4.10. The third-order valence-electron chi connectivity index (χ3n) is 5.19. The number of rotatable bonds is 8. The van der Waals surface area contributed by atoms with Gasteiger partial charge >= 0.3 is 0 Å². The van der Waals surface area contributed by atoms with Crippen molar-refractivity contribution in [1.29, 1.82) is 0 Å². The highest BCUT2D eigenvalue weighted by Gasteiger charge is 2.29. The number of nitrogens with zero attached hydrogens (tertiary/aromatic N) is 3. The first-order valence-corrected chi connectivity index (χ1v) is 11.3. The number of methoxy groups -OCH3 is 1. The fraction of sp³-hybridized carbons (Fsp3) is 0.273. The standard InChI is InChI=1S/C22H26N4O5S/c1-16-20(22(28)26(24(16)2)18-10-6-5-7-11-18)25(3)32(29,30)19-12-8-9-17(15-19)21(27)23-13-14-31-4/h5-12,15H,13-14H2,1-4H3,(H,23,27). The van der Waals surface area contributed by atoms with Gasteiger partial charge in [-0.1, -0.05) is 24.3 Å². The summed E-state index contributed by atoms with van der Waals surface area (Å²) in [7, 11) is 0.445. The molecule has 1 amide bonds. The van der Waals surface area contributed by atoms with E-state index in [1.54, 1.807) is 42.9 Å². The number of amides is 1. The molecular formula is C22H26N4O5S. The van der Waals surface area contributed by atoms with E-state index in [9.17, 15) is 18.0 Å². The van der Waals surface area contributed by atoms with Crippen LogP contribution in [0.5, 0.6) is 0 Å². The molecule has 0 unspecified atom stereocenters. The maximum atomic E-state index is 13.3. The normalized spacial score (nSPS) is 11.4. The van der Waals surface area contributed by atoms with Gasteiger partial charge in [0.1, 0.15) is 5.69 Å². The second kappa shape index (κ2) is 9.41. The van der Waals surface area contributed by atoms with E-state index < -0.39 is 21.5 Å². The summed E-state index contributed by atoms with van der Waals surface area (Å²) in [5.41, 5.74) is 0.873. The van der Waals surface area contributed by atoms with Crippen LogP contribution in [0.3, 0.4) is 0 Å². The van der Waals surface area contributed by atoms with Crippen LogP contribution in [0.15, 0.2) is 64.3 Å². The molecule has 0 aliphatic carbocycles. The largest absolute Gasteiger partial charge is 0.383 e. The van der Waals surface area contributed by atoms with Crippen LogP contribution >= 0.6 is 0 Å². The van der Waals surface area contributed by atoms with Gasteiger partial charge in [-0.2, -0.15) is 0 Å². The van der Waals surface area contributed by atoms with Gasteiger partial charge < -0.3 is 10.1 Å². The van der Waals surface area contributed by atoms with Gasteiger partial charge in [0.15, 0.2) is 0 Å². The molecule has 0 saturated carbocycles. The van der Waals surface area contributed by atoms with E-state index in [2.05, 4.69) is 5.32 Å². The fourth-order valence-electron chi connectivity index (χ4n) is 3.36. The Balaban J connectivity index is 2.00. The highest BCUT2D eigenvalue weighted by atomic mass is 32.2. The molecule has 0 atom stereocenters. The molecule has 170 valence electrons. The van der Waals surface area contributed by atoms with E-state index in [-0.39, 0.29) is 16.1 Å². The average Bonchev–Trinajstić information content (AvgIpc) is 3.02. The van der Waals surface area contributed by atoms with E-state index in [1.807, 2.05) is 6.07 Å². The number of nitrogens with one attached hydrogen (secondary N) is 1. The van der Waals surface area contributed by atoms with E-state index >= 15 is 0 Å². The van der Waals surface area contributed by atoms with Gasteiger partial charge in [0.25, 0.3) is 21.5 Å². The lowest BCUT2D eigenvalue weighted by atomic mass is 10.2. The van der Waals surface area contributed by atoms with Crippen molar-refractivity contribution < 1.29 is 17.9 Å². The molecule has 32 heavy (non-hydrogen) atoms. The first-order chi connectivity index (χ1) is 15.2. The predicted octanol–water partition coefficient (Wildman–Crippen LogP) is 1.69. The molecule has 2 aromatic carbocycles. The van der Waals surface area contributed by atoms with Crippen LogP contribution in [0.2, 0.25) is 0 Å². The maximum absolute atomic E-state index is 13.3. The Morgan fingerprint density at radius 3 is 2.47 bits per heavy atom. The van der Waals surface area contributed by atoms with Crippen molar-refractivity contribution in [3.63, 3.8) is 0 Å². The summed E-state index contributed by atoms with van der Waals surface area (Å²) in [5.74, 6) is -0.413. The Bertz CT molecular complexity index is 1280. The fourth-order valence-corrected chi connectivity index (χ4v) is 4.65. The summed E-state index contributed by atoms with van der Waals surface area (Å²) in [5, 5.41) is 2.66. The molecule has 0 fully saturated rings. The molecule has 10 heteroatoms. The lowest BCUT2D eigenvalue weighted by molar-refractivity contribution is 0.0937. The van der Waals surface area contributed by atoms with Crippen molar-refractivity contribution in [1.82, 2.24) is 14.7 Å². The number of anilines is 1. The van der Waals surface area contributed by atoms with Gasteiger partial charge in [0.2, 0.25) is 0 Å². The summed E-state index contributed by atoms with van der Waals surface area (Å²) < 4.78 is 35.6. The molecule has 0 bridgehead atoms. The number of aromatic nitrogens is 2. The van der Waals surface area contributed by atoms with Crippen molar-refractivity contribution in [2.24, 2.45) is 7.05 Å². The third-order valence-corrected chi connectivity index (χ3v) is 6.94. The quantitative estimate of drug-likeness (QED) is 0.518. The predicted molar refractivity (Wildman–Crippen MR) is 122 cm³/mol. The number of carbonyl (C=O) groups is 1. The van der Waals surface area contributed by atoms with Crippen molar-refractivity contribution in [2.75, 3.05) is 31.6 Å². The Morgan fingerprint density at radius 1 is 1.12 bits per heavy atom. The monoisotopic (exact) mass is 458 g/mol. The first-order valence-electron chi connectivity index (χ1n) is 9.90. The van der Waals surface area contributed by atoms with Gasteiger partial charge in [-0.25, -0.2) is 13.1 Å². The van der Waals surface area contributed by atoms with Gasteiger partial charge in [0.05, 0.1) is 22.9 Å². The Labute approximate surface area is 186 Å². The van der Waals surface area contributed by atoms with Crippen molar-refractivity contribution >= 4 is 21.6 Å². The van der Waals surface area contributed by atoms with Gasteiger partial charge in [-0.15, -0.1) is 0 Å². The number of sulfonamides is 1. The Kier molecular flexibility index (Phi) is 6.85. The molecule has 1 heterocycles. The van der Waals surface area contributed by atoms with Crippen LogP contribution in [0.4, 0.5) is 5.69 Å². The zero-order valence-corrected chi connectivity index (χ0v) is 19.2. The summed E-state index contributed by atoms with van der Waals surface area (Å²) >= 11 is 0. The van der Waals surface area contributed by atoms with E-state index in [0.717, 1.165) is 4.31 Å². The molecule has 1 aromatic heterocycles. The molecule has 0 aliphatic rings. The highest BCUT2D eigenvalue weighted by molar-refractivity contribution is 7.92. The highest BCUT2D eigenvalue weighted by Crippen LogP contribution is 2.24. The second-order valence-electron chi connectivity index (χ2n) is 7.16. The number of para-hydroxylation sites is 1. The zero-order valence-electron chi connectivity index (χ0n) is 18.4. The van der Waals surface area contributed by atoms with Gasteiger partial charge in [0, 0.05) is 33.3 Å².